The van der Waals surface area contributed by atoms with Crippen molar-refractivity contribution in [1.82, 2.24) is 0 Å². The topological polar surface area (TPSA) is 26.3 Å². The quantitative estimate of drug-likeness (QED) is 0.392. The van der Waals surface area contributed by atoms with Crippen LogP contribution in [0, 0.1) is 0 Å². The minimum absolute atomic E-state index is 0.261. The van der Waals surface area contributed by atoms with Crippen LogP contribution in [-0.4, -0.2) is 11.7 Å². The fraction of sp³-hybridized carbons (Fsp3) is 0.136. The van der Waals surface area contributed by atoms with Gasteiger partial charge < -0.3 is 4.74 Å². The van der Waals surface area contributed by atoms with Gasteiger partial charge in [0.05, 0.1) is 6.42 Å². The zero-order chi connectivity index (χ0) is 17.5. The molecule has 0 atom stereocenters. The Kier molecular flexibility index (Phi) is 5.56. The molecule has 0 spiro atoms. The van der Waals surface area contributed by atoms with Crippen molar-refractivity contribution in [2.45, 2.75) is 12.0 Å². The summed E-state index contributed by atoms with van der Waals surface area (Å²) in [6.07, 6.45) is 0.261. The Labute approximate surface area is 153 Å². The van der Waals surface area contributed by atoms with Gasteiger partial charge in [0.2, 0.25) is 0 Å². The predicted octanol–water partition coefficient (Wildman–Crippen LogP) is 4.84. The molecule has 0 aromatic heterocycles. The van der Waals surface area contributed by atoms with Crippen LogP contribution in [0.5, 0.6) is 0 Å². The van der Waals surface area contributed by atoms with E-state index in [0.29, 0.717) is 5.75 Å². The van der Waals surface area contributed by atoms with Gasteiger partial charge in [0.1, 0.15) is 0 Å². The highest BCUT2D eigenvalue weighted by Gasteiger charge is 2.40. The van der Waals surface area contributed by atoms with E-state index in [1.54, 1.807) is 0 Å². The lowest BCUT2D eigenvalue weighted by Gasteiger charge is -2.35. The number of hydrogen-bond acceptors (Lipinski definition) is 3. The molecule has 0 aliphatic heterocycles. The van der Waals surface area contributed by atoms with E-state index in [-0.39, 0.29) is 12.4 Å². The van der Waals surface area contributed by atoms with Crippen LogP contribution in [0.25, 0.3) is 0 Å². The third-order valence-electron chi connectivity index (χ3n) is 4.12. The van der Waals surface area contributed by atoms with E-state index in [1.807, 2.05) is 91.0 Å². The highest BCUT2D eigenvalue weighted by molar-refractivity contribution is 7.80. The third-order valence-corrected chi connectivity index (χ3v) is 4.35. The van der Waals surface area contributed by atoms with Crippen molar-refractivity contribution in [3.63, 3.8) is 0 Å². The molecule has 0 saturated carbocycles. The third kappa shape index (κ3) is 3.62. The Morgan fingerprint density at radius 2 is 1.08 bits per heavy atom. The molecule has 0 aliphatic rings. The molecule has 0 fully saturated rings. The second kappa shape index (κ2) is 8.04. The van der Waals surface area contributed by atoms with E-state index >= 15 is 0 Å². The summed E-state index contributed by atoms with van der Waals surface area (Å²) >= 11 is 4.17. The van der Waals surface area contributed by atoms with Gasteiger partial charge in [0.15, 0.2) is 5.60 Å². The van der Waals surface area contributed by atoms with E-state index in [9.17, 15) is 4.79 Å². The molecule has 3 rings (SSSR count). The van der Waals surface area contributed by atoms with Gasteiger partial charge in [0.25, 0.3) is 0 Å². The van der Waals surface area contributed by atoms with Gasteiger partial charge in [-0.1, -0.05) is 91.0 Å². The highest BCUT2D eigenvalue weighted by Crippen LogP contribution is 2.40. The number of esters is 1. The number of carbonyl (C=O) groups is 1. The number of hydrogen-bond donors (Lipinski definition) is 1. The number of carbonyl (C=O) groups excluding carboxylic acids is 1. The monoisotopic (exact) mass is 348 g/mol. The maximum absolute atomic E-state index is 12.5. The molecule has 3 aromatic rings. The summed E-state index contributed by atoms with van der Waals surface area (Å²) in [6.45, 7) is 0. The molecular weight excluding hydrogens is 328 g/mol. The lowest BCUT2D eigenvalue weighted by molar-refractivity contribution is -0.153. The maximum atomic E-state index is 12.5. The van der Waals surface area contributed by atoms with E-state index in [4.69, 9.17) is 4.74 Å². The van der Waals surface area contributed by atoms with Gasteiger partial charge in [-0.25, -0.2) is 0 Å². The zero-order valence-electron chi connectivity index (χ0n) is 13.8. The first-order chi connectivity index (χ1) is 12.3. The van der Waals surface area contributed by atoms with Crippen molar-refractivity contribution in [1.29, 1.82) is 0 Å². The molecule has 0 amide bonds. The highest BCUT2D eigenvalue weighted by atomic mass is 32.1. The second-order valence-electron chi connectivity index (χ2n) is 5.73. The fourth-order valence-corrected chi connectivity index (χ4v) is 3.19. The first kappa shape index (κ1) is 17.3. The molecule has 3 aromatic carbocycles. The van der Waals surface area contributed by atoms with Crippen LogP contribution in [0.4, 0.5) is 0 Å². The van der Waals surface area contributed by atoms with Crippen LogP contribution >= 0.6 is 12.6 Å². The SMILES string of the molecule is O=C(CCS)OC(c1ccccc1)(c1ccccc1)c1ccccc1. The molecule has 0 aliphatic carbocycles. The van der Waals surface area contributed by atoms with Gasteiger partial charge in [-0.15, -0.1) is 0 Å². The summed E-state index contributed by atoms with van der Waals surface area (Å²) in [7, 11) is 0. The van der Waals surface area contributed by atoms with E-state index < -0.39 is 5.60 Å². The van der Waals surface area contributed by atoms with Crippen molar-refractivity contribution >= 4 is 18.6 Å². The van der Waals surface area contributed by atoms with Crippen molar-refractivity contribution < 1.29 is 9.53 Å². The minimum Gasteiger partial charge on any atom is -0.444 e. The molecule has 3 heteroatoms. The standard InChI is InChI=1S/C22H20O2S/c23-21(16-17-25)24-22(18-10-4-1-5-11-18,19-12-6-2-7-13-19)20-14-8-3-9-15-20/h1-15,25H,16-17H2. The molecule has 0 unspecified atom stereocenters. The van der Waals surface area contributed by atoms with Gasteiger partial charge in [-0.05, 0) is 0 Å². The molecule has 0 N–H and O–H groups in total. The normalized spacial score (nSPS) is 11.1. The fourth-order valence-electron chi connectivity index (χ4n) is 3.01. The van der Waals surface area contributed by atoms with Gasteiger partial charge in [-0.3, -0.25) is 4.79 Å². The lowest BCUT2D eigenvalue weighted by atomic mass is 9.80. The van der Waals surface area contributed by atoms with Gasteiger partial charge in [0, 0.05) is 22.4 Å². The van der Waals surface area contributed by atoms with E-state index in [0.717, 1.165) is 16.7 Å². The van der Waals surface area contributed by atoms with Crippen molar-refractivity contribution in [2.24, 2.45) is 0 Å². The molecule has 0 radical (unpaired) electrons. The average molecular weight is 348 g/mol. The Morgan fingerprint density at radius 3 is 1.40 bits per heavy atom. The summed E-state index contributed by atoms with van der Waals surface area (Å²) < 4.78 is 6.15. The Balaban J connectivity index is 2.26. The summed E-state index contributed by atoms with van der Waals surface area (Å²) in [5, 5.41) is 0. The second-order valence-corrected chi connectivity index (χ2v) is 6.17. The Hall–Kier alpha value is -2.52. The summed E-state index contributed by atoms with van der Waals surface area (Å²) in [5.41, 5.74) is 1.77. The van der Waals surface area contributed by atoms with Crippen LogP contribution in [0.2, 0.25) is 0 Å². The van der Waals surface area contributed by atoms with Gasteiger partial charge in [-0.2, -0.15) is 12.6 Å². The van der Waals surface area contributed by atoms with Crippen molar-refractivity contribution in [3.05, 3.63) is 108 Å². The van der Waals surface area contributed by atoms with Crippen LogP contribution in [0.15, 0.2) is 91.0 Å². The zero-order valence-corrected chi connectivity index (χ0v) is 14.7. The molecular formula is C22H20O2S. The largest absolute Gasteiger partial charge is 0.444 e. The van der Waals surface area contributed by atoms with E-state index in [1.165, 1.54) is 0 Å². The molecule has 0 saturated heterocycles. The molecule has 0 heterocycles. The number of benzene rings is 3. The Bertz CT molecular complexity index is 705. The number of rotatable bonds is 6. The van der Waals surface area contributed by atoms with Crippen LogP contribution in [0.3, 0.4) is 0 Å². The Morgan fingerprint density at radius 1 is 0.720 bits per heavy atom. The number of ether oxygens (including phenoxy) is 1. The minimum atomic E-state index is -0.982. The lowest BCUT2D eigenvalue weighted by Crippen LogP contribution is -2.35. The van der Waals surface area contributed by atoms with E-state index in [2.05, 4.69) is 12.6 Å². The molecule has 126 valence electrons. The maximum Gasteiger partial charge on any atom is 0.308 e. The predicted molar refractivity (Wildman–Crippen MR) is 104 cm³/mol. The van der Waals surface area contributed by atoms with Crippen LogP contribution < -0.4 is 0 Å². The number of thiol groups is 1. The summed E-state index contributed by atoms with van der Waals surface area (Å²) in [6, 6.07) is 29.6. The summed E-state index contributed by atoms with van der Waals surface area (Å²) in [4.78, 5) is 12.5. The molecule has 2 nitrogen and oxygen atoms in total. The van der Waals surface area contributed by atoms with Crippen molar-refractivity contribution in [3.8, 4) is 0 Å². The molecule has 25 heavy (non-hydrogen) atoms. The average Bonchev–Trinajstić information content (AvgIpc) is 2.68. The summed E-state index contributed by atoms with van der Waals surface area (Å²) in [5.74, 6) is 0.180. The first-order valence-corrected chi connectivity index (χ1v) is 8.90. The van der Waals surface area contributed by atoms with Gasteiger partial charge >= 0.3 is 5.97 Å². The first-order valence-electron chi connectivity index (χ1n) is 8.26. The van der Waals surface area contributed by atoms with Crippen LogP contribution in [-0.2, 0) is 15.1 Å². The smallest absolute Gasteiger partial charge is 0.308 e. The van der Waals surface area contributed by atoms with Crippen LogP contribution in [0.1, 0.15) is 23.1 Å². The van der Waals surface area contributed by atoms with Crippen molar-refractivity contribution in [2.75, 3.05) is 5.75 Å². The molecule has 0 bridgehead atoms.